The van der Waals surface area contributed by atoms with E-state index in [-0.39, 0.29) is 23.1 Å². The van der Waals surface area contributed by atoms with Crippen molar-refractivity contribution in [2.75, 3.05) is 23.7 Å². The molecule has 2 aromatic carbocycles. The lowest BCUT2D eigenvalue weighted by molar-refractivity contribution is -0.118. The van der Waals surface area contributed by atoms with Crippen molar-refractivity contribution in [2.45, 2.75) is 19.3 Å². The van der Waals surface area contributed by atoms with Crippen LogP contribution in [-0.4, -0.2) is 24.9 Å². The molecule has 1 unspecified atom stereocenters. The number of nitrogens with one attached hydrogen (secondary N) is 3. The van der Waals surface area contributed by atoms with E-state index in [0.29, 0.717) is 22.0 Å². The summed E-state index contributed by atoms with van der Waals surface area (Å²) < 4.78 is 0. The number of amides is 2. The van der Waals surface area contributed by atoms with Crippen LogP contribution in [0, 0.1) is 11.3 Å². The first-order chi connectivity index (χ1) is 13.1. The minimum atomic E-state index is -0.302. The summed E-state index contributed by atoms with van der Waals surface area (Å²) in [6.07, 6.45) is 3.06. The van der Waals surface area contributed by atoms with E-state index in [1.54, 1.807) is 18.2 Å². The van der Waals surface area contributed by atoms with Gasteiger partial charge in [0.2, 0.25) is 5.91 Å². The third kappa shape index (κ3) is 3.84. The summed E-state index contributed by atoms with van der Waals surface area (Å²) in [4.78, 5) is 25.2. The highest BCUT2D eigenvalue weighted by Gasteiger charge is 2.57. The highest BCUT2D eigenvalue weighted by molar-refractivity contribution is 6.34. The van der Waals surface area contributed by atoms with E-state index in [0.717, 1.165) is 32.4 Å². The number of rotatable bonds is 4. The summed E-state index contributed by atoms with van der Waals surface area (Å²) in [6, 6.07) is 14.2. The average molecular weight is 384 g/mol. The Morgan fingerprint density at radius 3 is 2.48 bits per heavy atom. The summed E-state index contributed by atoms with van der Waals surface area (Å²) in [5.74, 6) is -0.200. The molecule has 2 aromatic rings. The van der Waals surface area contributed by atoms with Gasteiger partial charge in [-0.25, -0.2) is 0 Å². The number of benzene rings is 2. The number of anilines is 2. The summed E-state index contributed by atoms with van der Waals surface area (Å²) in [6.45, 7) is 1.96. The van der Waals surface area contributed by atoms with Crippen LogP contribution in [0.5, 0.6) is 0 Å². The van der Waals surface area contributed by atoms with Crippen molar-refractivity contribution < 1.29 is 9.59 Å². The van der Waals surface area contributed by atoms with E-state index in [9.17, 15) is 9.59 Å². The Kier molecular flexibility index (Phi) is 4.89. The SMILES string of the molecule is O=C(Nc1ccccc1)c1cc(NC(=O)C2CC23CCNCC3)ccc1Cl. The number of para-hydroxylation sites is 1. The molecule has 0 aromatic heterocycles. The molecule has 1 spiro atoms. The molecule has 1 atom stereocenters. The second-order valence-corrected chi connectivity index (χ2v) is 7.78. The largest absolute Gasteiger partial charge is 0.326 e. The van der Waals surface area contributed by atoms with E-state index >= 15 is 0 Å². The molecule has 27 heavy (non-hydrogen) atoms. The van der Waals surface area contributed by atoms with Gasteiger partial charge in [-0.3, -0.25) is 9.59 Å². The van der Waals surface area contributed by atoms with Gasteiger partial charge in [-0.1, -0.05) is 29.8 Å². The lowest BCUT2D eigenvalue weighted by Gasteiger charge is -2.23. The summed E-state index contributed by atoms with van der Waals surface area (Å²) >= 11 is 6.20. The zero-order valence-corrected chi connectivity index (χ0v) is 15.7. The molecule has 0 radical (unpaired) electrons. The summed E-state index contributed by atoms with van der Waals surface area (Å²) in [5.41, 5.74) is 1.80. The minimum absolute atomic E-state index is 0.0358. The molecule has 1 aliphatic heterocycles. The Morgan fingerprint density at radius 2 is 1.74 bits per heavy atom. The topological polar surface area (TPSA) is 70.2 Å². The molecule has 1 saturated carbocycles. The molecule has 1 saturated heterocycles. The first-order valence-electron chi connectivity index (χ1n) is 9.25. The molecule has 6 heteroatoms. The molecule has 140 valence electrons. The van der Waals surface area contributed by atoms with E-state index in [1.807, 2.05) is 30.3 Å². The molecule has 1 heterocycles. The van der Waals surface area contributed by atoms with Crippen LogP contribution in [0.2, 0.25) is 5.02 Å². The molecular formula is C21H22ClN3O2. The van der Waals surface area contributed by atoms with Crippen LogP contribution in [0.3, 0.4) is 0 Å². The zero-order valence-electron chi connectivity index (χ0n) is 14.9. The Balaban J connectivity index is 1.44. The van der Waals surface area contributed by atoms with Crippen molar-refractivity contribution in [3.63, 3.8) is 0 Å². The highest BCUT2D eigenvalue weighted by atomic mass is 35.5. The smallest absolute Gasteiger partial charge is 0.257 e. The van der Waals surface area contributed by atoms with Crippen molar-refractivity contribution >= 4 is 34.8 Å². The van der Waals surface area contributed by atoms with Crippen LogP contribution in [0.1, 0.15) is 29.6 Å². The highest BCUT2D eigenvalue weighted by Crippen LogP contribution is 2.58. The maximum absolute atomic E-state index is 12.6. The van der Waals surface area contributed by atoms with Gasteiger partial charge in [0.1, 0.15) is 0 Å². The fourth-order valence-electron chi connectivity index (χ4n) is 3.92. The van der Waals surface area contributed by atoms with Gasteiger partial charge in [-0.2, -0.15) is 0 Å². The molecule has 2 aliphatic rings. The van der Waals surface area contributed by atoms with Crippen molar-refractivity contribution in [3.8, 4) is 0 Å². The van der Waals surface area contributed by atoms with Gasteiger partial charge in [0.05, 0.1) is 10.6 Å². The van der Waals surface area contributed by atoms with E-state index in [1.165, 1.54) is 0 Å². The lowest BCUT2D eigenvalue weighted by Crippen LogP contribution is -2.31. The quantitative estimate of drug-likeness (QED) is 0.749. The third-order valence-electron chi connectivity index (χ3n) is 5.62. The molecular weight excluding hydrogens is 362 g/mol. The third-order valence-corrected chi connectivity index (χ3v) is 5.95. The number of carbonyl (C=O) groups excluding carboxylic acids is 2. The van der Waals surface area contributed by atoms with Crippen LogP contribution in [0.25, 0.3) is 0 Å². The molecule has 2 fully saturated rings. The minimum Gasteiger partial charge on any atom is -0.326 e. The Hall–Kier alpha value is -2.37. The normalized spacial score (nSPS) is 20.1. The maximum atomic E-state index is 12.6. The zero-order chi connectivity index (χ0) is 18.9. The number of hydrogen-bond acceptors (Lipinski definition) is 3. The van der Waals surface area contributed by atoms with Crippen molar-refractivity contribution in [1.82, 2.24) is 5.32 Å². The number of halogens is 1. The molecule has 1 aliphatic carbocycles. The average Bonchev–Trinajstić information content (AvgIpc) is 3.37. The van der Waals surface area contributed by atoms with Gasteiger partial charge in [-0.15, -0.1) is 0 Å². The van der Waals surface area contributed by atoms with Gasteiger partial charge in [0, 0.05) is 17.3 Å². The van der Waals surface area contributed by atoms with Gasteiger partial charge < -0.3 is 16.0 Å². The summed E-state index contributed by atoms with van der Waals surface area (Å²) in [5, 5.41) is 9.48. The van der Waals surface area contributed by atoms with Crippen molar-refractivity contribution in [1.29, 1.82) is 0 Å². The second-order valence-electron chi connectivity index (χ2n) is 7.37. The molecule has 5 nitrogen and oxygen atoms in total. The Labute approximate surface area is 163 Å². The van der Waals surface area contributed by atoms with Crippen LogP contribution in [-0.2, 0) is 4.79 Å². The van der Waals surface area contributed by atoms with Crippen molar-refractivity contribution in [2.24, 2.45) is 11.3 Å². The van der Waals surface area contributed by atoms with E-state index < -0.39 is 0 Å². The Morgan fingerprint density at radius 1 is 1.00 bits per heavy atom. The van der Waals surface area contributed by atoms with Crippen LogP contribution >= 0.6 is 11.6 Å². The van der Waals surface area contributed by atoms with Gasteiger partial charge in [0.25, 0.3) is 5.91 Å². The summed E-state index contributed by atoms with van der Waals surface area (Å²) in [7, 11) is 0. The maximum Gasteiger partial charge on any atom is 0.257 e. The fraction of sp³-hybridized carbons (Fsp3) is 0.333. The molecule has 3 N–H and O–H groups in total. The fourth-order valence-corrected chi connectivity index (χ4v) is 4.13. The Bertz CT molecular complexity index is 863. The monoisotopic (exact) mass is 383 g/mol. The second kappa shape index (κ2) is 7.33. The van der Waals surface area contributed by atoms with Crippen LogP contribution in [0.15, 0.2) is 48.5 Å². The van der Waals surface area contributed by atoms with E-state index in [2.05, 4.69) is 16.0 Å². The van der Waals surface area contributed by atoms with Crippen molar-refractivity contribution in [3.05, 3.63) is 59.1 Å². The number of hydrogen-bond donors (Lipinski definition) is 3. The standard InChI is InChI=1S/C21H22ClN3O2/c22-18-7-6-15(12-16(18)19(26)24-14-4-2-1-3-5-14)25-20(27)17-13-21(17)8-10-23-11-9-21/h1-7,12,17,23H,8-11,13H2,(H,24,26)(H,25,27). The first-order valence-corrected chi connectivity index (χ1v) is 9.63. The van der Waals surface area contributed by atoms with Crippen LogP contribution in [0.4, 0.5) is 11.4 Å². The lowest BCUT2D eigenvalue weighted by atomic mass is 9.92. The number of piperidine rings is 1. The van der Waals surface area contributed by atoms with Gasteiger partial charge in [0.15, 0.2) is 0 Å². The predicted molar refractivity (Wildman–Crippen MR) is 107 cm³/mol. The van der Waals surface area contributed by atoms with Crippen LogP contribution < -0.4 is 16.0 Å². The van der Waals surface area contributed by atoms with Gasteiger partial charge in [-0.05, 0) is 68.1 Å². The predicted octanol–water partition coefficient (Wildman–Crippen LogP) is 3.92. The number of carbonyl (C=O) groups is 2. The molecule has 0 bridgehead atoms. The van der Waals surface area contributed by atoms with E-state index in [4.69, 9.17) is 11.6 Å². The first kappa shape index (κ1) is 18.0. The van der Waals surface area contributed by atoms with Gasteiger partial charge >= 0.3 is 0 Å². The molecule has 4 rings (SSSR count). The molecule has 2 amide bonds.